The Kier molecular flexibility index (Phi) is 3.74. The first-order valence-electron chi connectivity index (χ1n) is 6.56. The molecule has 1 aliphatic heterocycles. The van der Waals surface area contributed by atoms with Gasteiger partial charge in [0.15, 0.2) is 0 Å². The van der Waals surface area contributed by atoms with Gasteiger partial charge in [-0.05, 0) is 24.3 Å². The molecule has 2 aromatic rings. The largest absolute Gasteiger partial charge is 0.497 e. The Morgan fingerprint density at radius 3 is 2.86 bits per heavy atom. The first-order chi connectivity index (χ1) is 10.1. The summed E-state index contributed by atoms with van der Waals surface area (Å²) in [4.78, 5) is 0. The molecule has 21 heavy (non-hydrogen) atoms. The number of halogens is 2. The molecule has 1 N–H and O–H groups in total. The number of hydrogen-bond acceptors (Lipinski definition) is 3. The van der Waals surface area contributed by atoms with E-state index in [0.29, 0.717) is 22.1 Å². The van der Waals surface area contributed by atoms with Crippen LogP contribution in [0.25, 0.3) is 0 Å². The molecule has 5 heteroatoms. The average Bonchev–Trinajstić information content (AvgIpc) is 2.46. The molecular weight excluding hydrogens is 295 g/mol. The molecule has 0 spiro atoms. The highest BCUT2D eigenvalue weighted by Gasteiger charge is 2.31. The van der Waals surface area contributed by atoms with Crippen LogP contribution in [0.4, 0.5) is 4.39 Å². The standard InChI is InChI=1S/C16H14ClFO3/c1-20-9-5-6-10-13(19)8-15(21-14(10)7-9)16-11(17)3-2-4-12(16)18/h2-7,13,15,19H,8H2,1H3/t13-,15?/m0/s1. The molecule has 0 bridgehead atoms. The SMILES string of the molecule is COc1ccc2c(c1)OC(c1c(F)cccc1Cl)C[C@@H]2O. The Balaban J connectivity index is 2.01. The lowest BCUT2D eigenvalue weighted by Crippen LogP contribution is -2.20. The zero-order valence-corrected chi connectivity index (χ0v) is 12.1. The Bertz CT molecular complexity index is 654. The summed E-state index contributed by atoms with van der Waals surface area (Å²) in [6.07, 6.45) is -1.12. The molecule has 3 nitrogen and oxygen atoms in total. The van der Waals surface area contributed by atoms with Crippen LogP contribution in [0.2, 0.25) is 5.02 Å². The fourth-order valence-corrected chi connectivity index (χ4v) is 2.83. The first-order valence-corrected chi connectivity index (χ1v) is 6.94. The number of hydrogen-bond donors (Lipinski definition) is 1. The minimum Gasteiger partial charge on any atom is -0.497 e. The Labute approximate surface area is 126 Å². The van der Waals surface area contributed by atoms with Crippen molar-refractivity contribution in [2.75, 3.05) is 7.11 Å². The van der Waals surface area contributed by atoms with Crippen LogP contribution in [-0.4, -0.2) is 12.2 Å². The molecule has 1 heterocycles. The topological polar surface area (TPSA) is 38.7 Å². The smallest absolute Gasteiger partial charge is 0.131 e. The van der Waals surface area contributed by atoms with Crippen LogP contribution < -0.4 is 9.47 Å². The summed E-state index contributed by atoms with van der Waals surface area (Å²) in [5.41, 5.74) is 0.936. The van der Waals surface area contributed by atoms with Crippen LogP contribution in [0.3, 0.4) is 0 Å². The summed E-state index contributed by atoms with van der Waals surface area (Å²) in [7, 11) is 1.55. The van der Waals surface area contributed by atoms with Crippen molar-refractivity contribution in [3.05, 3.63) is 58.4 Å². The van der Waals surface area contributed by atoms with Crippen molar-refractivity contribution in [1.82, 2.24) is 0 Å². The van der Waals surface area contributed by atoms with E-state index in [1.54, 1.807) is 31.4 Å². The monoisotopic (exact) mass is 308 g/mol. The van der Waals surface area contributed by atoms with E-state index in [9.17, 15) is 9.50 Å². The molecule has 0 aromatic heterocycles. The normalized spacial score (nSPS) is 20.6. The zero-order valence-electron chi connectivity index (χ0n) is 11.3. The van der Waals surface area contributed by atoms with E-state index in [0.717, 1.165) is 0 Å². The van der Waals surface area contributed by atoms with Crippen LogP contribution in [0.15, 0.2) is 36.4 Å². The van der Waals surface area contributed by atoms with Crippen molar-refractivity contribution in [3.63, 3.8) is 0 Å². The molecule has 0 fully saturated rings. The Hall–Kier alpha value is -1.78. The summed E-state index contributed by atoms with van der Waals surface area (Å²) < 4.78 is 25.0. The van der Waals surface area contributed by atoms with E-state index in [1.165, 1.54) is 12.1 Å². The number of aliphatic hydroxyl groups is 1. The molecule has 0 amide bonds. The van der Waals surface area contributed by atoms with E-state index in [1.807, 2.05) is 0 Å². The van der Waals surface area contributed by atoms with Crippen molar-refractivity contribution in [2.24, 2.45) is 0 Å². The van der Waals surface area contributed by atoms with Gasteiger partial charge in [-0.25, -0.2) is 4.39 Å². The second-order valence-corrected chi connectivity index (χ2v) is 5.30. The van der Waals surface area contributed by atoms with Gasteiger partial charge in [-0.3, -0.25) is 0 Å². The molecule has 3 rings (SSSR count). The van der Waals surface area contributed by atoms with Crippen LogP contribution >= 0.6 is 11.6 Å². The lowest BCUT2D eigenvalue weighted by atomic mass is 9.94. The van der Waals surface area contributed by atoms with E-state index < -0.39 is 18.0 Å². The second kappa shape index (κ2) is 5.54. The molecular formula is C16H14ClFO3. The number of aliphatic hydroxyl groups excluding tert-OH is 1. The number of benzene rings is 2. The van der Waals surface area contributed by atoms with Gasteiger partial charge in [-0.1, -0.05) is 17.7 Å². The molecule has 0 saturated heterocycles. The zero-order chi connectivity index (χ0) is 15.0. The van der Waals surface area contributed by atoms with Crippen molar-refractivity contribution in [3.8, 4) is 11.5 Å². The highest BCUT2D eigenvalue weighted by atomic mass is 35.5. The van der Waals surface area contributed by atoms with Crippen molar-refractivity contribution < 1.29 is 19.0 Å². The summed E-state index contributed by atoms with van der Waals surface area (Å²) in [6, 6.07) is 9.66. The predicted molar refractivity (Wildman–Crippen MR) is 77.3 cm³/mol. The summed E-state index contributed by atoms with van der Waals surface area (Å²) in [5.74, 6) is 0.657. The van der Waals surface area contributed by atoms with Gasteiger partial charge in [0.05, 0.1) is 18.2 Å². The average molecular weight is 309 g/mol. The minimum absolute atomic E-state index is 0.250. The second-order valence-electron chi connectivity index (χ2n) is 4.90. The van der Waals surface area contributed by atoms with Gasteiger partial charge in [0.1, 0.15) is 23.4 Å². The quantitative estimate of drug-likeness (QED) is 0.910. The van der Waals surface area contributed by atoms with Gasteiger partial charge in [0.2, 0.25) is 0 Å². The van der Waals surface area contributed by atoms with E-state index in [4.69, 9.17) is 21.1 Å². The van der Waals surface area contributed by atoms with Gasteiger partial charge in [0.25, 0.3) is 0 Å². The van der Waals surface area contributed by atoms with E-state index >= 15 is 0 Å². The van der Waals surface area contributed by atoms with Crippen LogP contribution in [0.5, 0.6) is 11.5 Å². The fraction of sp³-hybridized carbons (Fsp3) is 0.250. The number of methoxy groups -OCH3 is 1. The third-order valence-electron chi connectivity index (χ3n) is 3.61. The molecule has 2 atom stereocenters. The predicted octanol–water partition coefficient (Wildman–Crippen LogP) is 4.04. The minimum atomic E-state index is -0.736. The maximum absolute atomic E-state index is 14.0. The van der Waals surface area contributed by atoms with Gasteiger partial charge < -0.3 is 14.6 Å². The van der Waals surface area contributed by atoms with Gasteiger partial charge in [-0.2, -0.15) is 0 Å². The van der Waals surface area contributed by atoms with E-state index in [2.05, 4.69) is 0 Å². The maximum atomic E-state index is 14.0. The van der Waals surface area contributed by atoms with Crippen LogP contribution in [0, 0.1) is 5.82 Å². The summed E-state index contributed by atoms with van der Waals surface area (Å²) in [5, 5.41) is 10.5. The van der Waals surface area contributed by atoms with E-state index in [-0.39, 0.29) is 12.0 Å². The maximum Gasteiger partial charge on any atom is 0.131 e. The van der Waals surface area contributed by atoms with Crippen molar-refractivity contribution in [2.45, 2.75) is 18.6 Å². The van der Waals surface area contributed by atoms with Crippen molar-refractivity contribution >= 4 is 11.6 Å². The highest BCUT2D eigenvalue weighted by Crippen LogP contribution is 2.44. The lowest BCUT2D eigenvalue weighted by molar-refractivity contribution is 0.0638. The first kappa shape index (κ1) is 14.2. The number of rotatable bonds is 2. The van der Waals surface area contributed by atoms with Crippen molar-refractivity contribution in [1.29, 1.82) is 0 Å². The molecule has 0 radical (unpaired) electrons. The van der Waals surface area contributed by atoms with Gasteiger partial charge in [-0.15, -0.1) is 0 Å². The number of ether oxygens (including phenoxy) is 2. The van der Waals surface area contributed by atoms with Gasteiger partial charge >= 0.3 is 0 Å². The Morgan fingerprint density at radius 1 is 1.33 bits per heavy atom. The molecule has 1 aliphatic rings. The van der Waals surface area contributed by atoms with Crippen LogP contribution in [0.1, 0.15) is 29.8 Å². The third-order valence-corrected chi connectivity index (χ3v) is 3.94. The third kappa shape index (κ3) is 2.57. The molecule has 110 valence electrons. The number of fused-ring (bicyclic) bond motifs is 1. The lowest BCUT2D eigenvalue weighted by Gasteiger charge is -2.30. The van der Waals surface area contributed by atoms with Crippen LogP contribution in [-0.2, 0) is 0 Å². The summed E-state index contributed by atoms with van der Waals surface area (Å²) >= 11 is 6.07. The Morgan fingerprint density at radius 2 is 2.14 bits per heavy atom. The van der Waals surface area contributed by atoms with Gasteiger partial charge in [0, 0.05) is 23.6 Å². The molecule has 0 saturated carbocycles. The molecule has 1 unspecified atom stereocenters. The fourth-order valence-electron chi connectivity index (χ4n) is 2.55. The molecule has 0 aliphatic carbocycles. The highest BCUT2D eigenvalue weighted by molar-refractivity contribution is 6.31. The molecule has 2 aromatic carbocycles. The summed E-state index contributed by atoms with van der Waals surface area (Å²) in [6.45, 7) is 0.